The summed E-state index contributed by atoms with van der Waals surface area (Å²) in [6.07, 6.45) is 2.40. The Hall–Kier alpha value is -1.58. The molecule has 20 heavy (non-hydrogen) atoms. The van der Waals surface area contributed by atoms with Crippen LogP contribution < -0.4 is 10.1 Å². The molecule has 2 atom stereocenters. The molecule has 0 spiro atoms. The van der Waals surface area contributed by atoms with Crippen molar-refractivity contribution >= 4 is 5.91 Å². The van der Waals surface area contributed by atoms with Crippen LogP contribution in [-0.4, -0.2) is 24.7 Å². The van der Waals surface area contributed by atoms with Gasteiger partial charge in [-0.05, 0) is 50.3 Å². The van der Waals surface area contributed by atoms with Crippen molar-refractivity contribution in [1.29, 1.82) is 0 Å². The van der Waals surface area contributed by atoms with Gasteiger partial charge < -0.3 is 10.1 Å². The number of carbonyl (C=O) groups excluding carboxylic acids is 1. The van der Waals surface area contributed by atoms with Gasteiger partial charge in [0, 0.05) is 6.42 Å². The van der Waals surface area contributed by atoms with Crippen molar-refractivity contribution in [2.45, 2.75) is 51.2 Å². The second kappa shape index (κ2) is 7.27. The largest absolute Gasteiger partial charge is 0.494 e. The minimum absolute atomic E-state index is 0.0616. The van der Waals surface area contributed by atoms with Gasteiger partial charge in [0.2, 0.25) is 5.91 Å². The zero-order valence-corrected chi connectivity index (χ0v) is 11.9. The summed E-state index contributed by atoms with van der Waals surface area (Å²) in [5, 5.41) is 2.79. The Balaban J connectivity index is 1.75. The molecule has 2 rings (SSSR count). The summed E-state index contributed by atoms with van der Waals surface area (Å²) in [4.78, 5) is 11.8. The van der Waals surface area contributed by atoms with Crippen LogP contribution in [0.15, 0.2) is 24.3 Å². The van der Waals surface area contributed by atoms with E-state index in [1.165, 1.54) is 0 Å². The van der Waals surface area contributed by atoms with Gasteiger partial charge in [-0.1, -0.05) is 12.1 Å². The Kier molecular flexibility index (Phi) is 5.39. The highest BCUT2D eigenvalue weighted by molar-refractivity contribution is 5.76. The third-order valence-corrected chi connectivity index (χ3v) is 3.65. The van der Waals surface area contributed by atoms with Crippen LogP contribution in [0, 0.1) is 0 Å². The SMILES string of the molecule is CCOc1ccc(CCC(=O)N[C@H]2CCC[C@H]2F)cc1. The highest BCUT2D eigenvalue weighted by atomic mass is 19.1. The fourth-order valence-electron chi connectivity index (χ4n) is 2.53. The summed E-state index contributed by atoms with van der Waals surface area (Å²) >= 11 is 0. The van der Waals surface area contributed by atoms with E-state index < -0.39 is 6.17 Å². The lowest BCUT2D eigenvalue weighted by molar-refractivity contribution is -0.122. The van der Waals surface area contributed by atoms with Crippen LogP contribution in [0.25, 0.3) is 0 Å². The summed E-state index contributed by atoms with van der Waals surface area (Å²) in [7, 11) is 0. The molecule has 1 fully saturated rings. The zero-order chi connectivity index (χ0) is 14.4. The van der Waals surface area contributed by atoms with Crippen molar-refractivity contribution in [2.75, 3.05) is 6.61 Å². The molecular weight excluding hydrogens is 257 g/mol. The van der Waals surface area contributed by atoms with E-state index >= 15 is 0 Å². The molecule has 4 heteroatoms. The quantitative estimate of drug-likeness (QED) is 0.869. The molecule has 0 aliphatic heterocycles. The molecular formula is C16H22FNO2. The molecule has 110 valence electrons. The standard InChI is InChI=1S/C16H22FNO2/c1-2-20-13-9-6-12(7-10-13)8-11-16(19)18-15-5-3-4-14(15)17/h6-7,9-10,14-15H,2-5,8,11H2,1H3,(H,18,19)/t14-,15+/m1/s1. The topological polar surface area (TPSA) is 38.3 Å². The van der Waals surface area contributed by atoms with E-state index in [1.54, 1.807) is 0 Å². The number of benzene rings is 1. The second-order valence-corrected chi connectivity index (χ2v) is 5.20. The van der Waals surface area contributed by atoms with Crippen LogP contribution in [-0.2, 0) is 11.2 Å². The number of rotatable bonds is 6. The monoisotopic (exact) mass is 279 g/mol. The maximum atomic E-state index is 13.4. The summed E-state index contributed by atoms with van der Waals surface area (Å²) in [6.45, 7) is 2.59. The average molecular weight is 279 g/mol. The van der Waals surface area contributed by atoms with Crippen LogP contribution >= 0.6 is 0 Å². The Morgan fingerprint density at radius 1 is 1.35 bits per heavy atom. The van der Waals surface area contributed by atoms with Gasteiger partial charge in [0.15, 0.2) is 0 Å². The van der Waals surface area contributed by atoms with Crippen molar-refractivity contribution in [1.82, 2.24) is 5.32 Å². The van der Waals surface area contributed by atoms with Gasteiger partial charge in [-0.25, -0.2) is 4.39 Å². The van der Waals surface area contributed by atoms with Crippen molar-refractivity contribution in [3.63, 3.8) is 0 Å². The van der Waals surface area contributed by atoms with E-state index in [1.807, 2.05) is 31.2 Å². The molecule has 0 bridgehead atoms. The molecule has 1 saturated carbocycles. The number of alkyl halides is 1. The first-order valence-electron chi connectivity index (χ1n) is 7.34. The van der Waals surface area contributed by atoms with Gasteiger partial charge in [-0.15, -0.1) is 0 Å². The summed E-state index contributed by atoms with van der Waals surface area (Å²) in [5.41, 5.74) is 1.09. The number of ether oxygens (including phenoxy) is 1. The lowest BCUT2D eigenvalue weighted by Gasteiger charge is -2.14. The lowest BCUT2D eigenvalue weighted by Crippen LogP contribution is -2.38. The lowest BCUT2D eigenvalue weighted by atomic mass is 10.1. The minimum atomic E-state index is -0.871. The number of hydrogen-bond acceptors (Lipinski definition) is 2. The molecule has 1 N–H and O–H groups in total. The van der Waals surface area contributed by atoms with E-state index in [2.05, 4.69) is 5.32 Å². The molecule has 1 aliphatic rings. The molecule has 1 amide bonds. The van der Waals surface area contributed by atoms with Gasteiger partial charge in [0.05, 0.1) is 12.6 Å². The number of carbonyl (C=O) groups is 1. The Morgan fingerprint density at radius 3 is 2.70 bits per heavy atom. The van der Waals surface area contributed by atoms with Crippen molar-refractivity contribution in [2.24, 2.45) is 0 Å². The average Bonchev–Trinajstić information content (AvgIpc) is 2.84. The number of aryl methyl sites for hydroxylation is 1. The number of halogens is 1. The Morgan fingerprint density at radius 2 is 2.10 bits per heavy atom. The second-order valence-electron chi connectivity index (χ2n) is 5.20. The smallest absolute Gasteiger partial charge is 0.220 e. The fourth-order valence-corrected chi connectivity index (χ4v) is 2.53. The van der Waals surface area contributed by atoms with Gasteiger partial charge in [0.1, 0.15) is 11.9 Å². The van der Waals surface area contributed by atoms with E-state index in [0.717, 1.165) is 24.2 Å². The van der Waals surface area contributed by atoms with E-state index in [4.69, 9.17) is 4.74 Å². The first-order chi connectivity index (χ1) is 9.69. The van der Waals surface area contributed by atoms with Crippen LogP contribution in [0.1, 0.15) is 38.2 Å². The van der Waals surface area contributed by atoms with E-state index in [9.17, 15) is 9.18 Å². The Bertz CT molecular complexity index is 433. The van der Waals surface area contributed by atoms with Gasteiger partial charge >= 0.3 is 0 Å². The molecule has 3 nitrogen and oxygen atoms in total. The zero-order valence-electron chi connectivity index (χ0n) is 11.9. The van der Waals surface area contributed by atoms with Crippen molar-refractivity contribution in [3.8, 4) is 5.75 Å². The minimum Gasteiger partial charge on any atom is -0.494 e. The van der Waals surface area contributed by atoms with E-state index in [-0.39, 0.29) is 11.9 Å². The maximum absolute atomic E-state index is 13.4. The first-order valence-corrected chi connectivity index (χ1v) is 7.34. The van der Waals surface area contributed by atoms with Gasteiger partial charge in [-0.3, -0.25) is 4.79 Å². The van der Waals surface area contributed by atoms with Crippen LogP contribution in [0.2, 0.25) is 0 Å². The van der Waals surface area contributed by atoms with Crippen molar-refractivity contribution in [3.05, 3.63) is 29.8 Å². The normalized spacial score (nSPS) is 21.7. The third-order valence-electron chi connectivity index (χ3n) is 3.65. The fraction of sp³-hybridized carbons (Fsp3) is 0.562. The van der Waals surface area contributed by atoms with Crippen LogP contribution in [0.5, 0.6) is 5.75 Å². The Labute approximate surface area is 119 Å². The first kappa shape index (κ1) is 14.8. The van der Waals surface area contributed by atoms with Crippen LogP contribution in [0.4, 0.5) is 4.39 Å². The molecule has 0 aromatic heterocycles. The van der Waals surface area contributed by atoms with Gasteiger partial charge in [0.25, 0.3) is 0 Å². The number of amides is 1. The highest BCUT2D eigenvalue weighted by Crippen LogP contribution is 2.22. The molecule has 0 heterocycles. The third kappa shape index (κ3) is 4.22. The predicted molar refractivity (Wildman–Crippen MR) is 76.6 cm³/mol. The maximum Gasteiger partial charge on any atom is 0.220 e. The molecule has 0 unspecified atom stereocenters. The summed E-state index contributed by atoms with van der Waals surface area (Å²) in [5.74, 6) is 0.778. The number of nitrogens with one attached hydrogen (secondary N) is 1. The van der Waals surface area contributed by atoms with Crippen LogP contribution in [0.3, 0.4) is 0 Å². The van der Waals surface area contributed by atoms with E-state index in [0.29, 0.717) is 25.9 Å². The summed E-state index contributed by atoms with van der Waals surface area (Å²) < 4.78 is 18.8. The molecule has 0 saturated heterocycles. The molecule has 0 radical (unpaired) electrons. The molecule has 1 aliphatic carbocycles. The predicted octanol–water partition coefficient (Wildman–Crippen LogP) is 3.02. The summed E-state index contributed by atoms with van der Waals surface area (Å²) in [6, 6.07) is 7.47. The highest BCUT2D eigenvalue weighted by Gasteiger charge is 2.27. The molecule has 1 aromatic carbocycles. The molecule has 1 aromatic rings. The number of hydrogen-bond donors (Lipinski definition) is 1. The van der Waals surface area contributed by atoms with Crippen molar-refractivity contribution < 1.29 is 13.9 Å². The van der Waals surface area contributed by atoms with Gasteiger partial charge in [-0.2, -0.15) is 0 Å².